The summed E-state index contributed by atoms with van der Waals surface area (Å²) >= 11 is 6.00. The van der Waals surface area contributed by atoms with E-state index >= 15 is 0 Å². The highest BCUT2D eigenvalue weighted by atomic mass is 35.5. The third-order valence-corrected chi connectivity index (χ3v) is 4.02. The van der Waals surface area contributed by atoms with Crippen LogP contribution in [0.15, 0.2) is 42.5 Å². The second-order valence-electron chi connectivity index (χ2n) is 5.65. The van der Waals surface area contributed by atoms with Gasteiger partial charge in [0.05, 0.1) is 25.3 Å². The molecule has 1 N–H and O–H groups in total. The summed E-state index contributed by atoms with van der Waals surface area (Å²) in [6.07, 6.45) is 0. The molecule has 0 radical (unpaired) electrons. The first-order valence-electron chi connectivity index (χ1n) is 7.18. The van der Waals surface area contributed by atoms with Crippen molar-refractivity contribution in [2.45, 2.75) is 19.3 Å². The Labute approximate surface area is 141 Å². The second kappa shape index (κ2) is 6.92. The van der Waals surface area contributed by atoms with Crippen molar-refractivity contribution in [2.75, 3.05) is 19.5 Å². The van der Waals surface area contributed by atoms with Gasteiger partial charge in [0.25, 0.3) is 0 Å². The van der Waals surface area contributed by atoms with Gasteiger partial charge >= 0.3 is 0 Å². The van der Waals surface area contributed by atoms with Crippen molar-refractivity contribution in [1.29, 1.82) is 0 Å². The lowest BCUT2D eigenvalue weighted by molar-refractivity contribution is -0.120. The van der Waals surface area contributed by atoms with Gasteiger partial charge in [-0.2, -0.15) is 0 Å². The largest absolute Gasteiger partial charge is 0.497 e. The Bertz CT molecular complexity index is 696. The lowest BCUT2D eigenvalue weighted by Crippen LogP contribution is -2.34. The molecule has 122 valence electrons. The lowest BCUT2D eigenvalue weighted by Gasteiger charge is -2.25. The fraction of sp³-hybridized carbons (Fsp3) is 0.278. The quantitative estimate of drug-likeness (QED) is 0.888. The molecule has 2 rings (SSSR count). The summed E-state index contributed by atoms with van der Waals surface area (Å²) in [6, 6.07) is 12.5. The summed E-state index contributed by atoms with van der Waals surface area (Å²) in [5.74, 6) is 1.16. The second-order valence-corrected chi connectivity index (χ2v) is 6.09. The standard InChI is InChI=1S/C18H20ClNO3/c1-18(2,12-5-8-14(22-3)9-6-12)17(21)20-15-11-13(19)7-10-16(15)23-4/h5-11H,1-4H3,(H,20,21). The molecule has 0 heterocycles. The summed E-state index contributed by atoms with van der Waals surface area (Å²) < 4.78 is 10.4. The van der Waals surface area contributed by atoms with Crippen LogP contribution >= 0.6 is 11.6 Å². The van der Waals surface area contributed by atoms with Crippen molar-refractivity contribution < 1.29 is 14.3 Å². The molecule has 4 nitrogen and oxygen atoms in total. The lowest BCUT2D eigenvalue weighted by atomic mass is 9.83. The Hall–Kier alpha value is -2.20. The fourth-order valence-corrected chi connectivity index (χ4v) is 2.37. The molecule has 23 heavy (non-hydrogen) atoms. The van der Waals surface area contributed by atoms with E-state index in [4.69, 9.17) is 21.1 Å². The normalized spacial score (nSPS) is 11.0. The number of methoxy groups -OCH3 is 2. The predicted octanol–water partition coefficient (Wildman–Crippen LogP) is 4.27. The van der Waals surface area contributed by atoms with Crippen LogP contribution in [0.1, 0.15) is 19.4 Å². The molecule has 0 fully saturated rings. The molecular weight excluding hydrogens is 314 g/mol. The molecule has 0 saturated carbocycles. The minimum atomic E-state index is -0.723. The van der Waals surface area contributed by atoms with Crippen LogP contribution in [-0.4, -0.2) is 20.1 Å². The minimum Gasteiger partial charge on any atom is -0.497 e. The molecule has 0 aliphatic rings. The Morgan fingerprint density at radius 2 is 1.70 bits per heavy atom. The molecule has 0 bridgehead atoms. The van der Waals surface area contributed by atoms with Crippen molar-refractivity contribution in [3.63, 3.8) is 0 Å². The predicted molar refractivity (Wildman–Crippen MR) is 92.7 cm³/mol. The maximum atomic E-state index is 12.7. The van der Waals surface area contributed by atoms with E-state index in [9.17, 15) is 4.79 Å². The van der Waals surface area contributed by atoms with Crippen molar-refractivity contribution in [3.05, 3.63) is 53.1 Å². The Morgan fingerprint density at radius 1 is 1.04 bits per heavy atom. The smallest absolute Gasteiger partial charge is 0.234 e. The third-order valence-electron chi connectivity index (χ3n) is 3.79. The van der Waals surface area contributed by atoms with E-state index in [1.165, 1.54) is 0 Å². The van der Waals surface area contributed by atoms with E-state index in [0.717, 1.165) is 11.3 Å². The van der Waals surface area contributed by atoms with Crippen molar-refractivity contribution in [2.24, 2.45) is 0 Å². The third kappa shape index (κ3) is 3.77. The Morgan fingerprint density at radius 3 is 2.26 bits per heavy atom. The number of anilines is 1. The SMILES string of the molecule is COc1ccc(C(C)(C)C(=O)Nc2cc(Cl)ccc2OC)cc1. The fourth-order valence-electron chi connectivity index (χ4n) is 2.20. The molecule has 2 aromatic carbocycles. The van der Waals surface area contributed by atoms with Crippen LogP contribution in [0, 0.1) is 0 Å². The van der Waals surface area contributed by atoms with Gasteiger partial charge in [-0.05, 0) is 49.7 Å². The summed E-state index contributed by atoms with van der Waals surface area (Å²) in [5, 5.41) is 3.42. The average Bonchev–Trinajstić information content (AvgIpc) is 2.55. The summed E-state index contributed by atoms with van der Waals surface area (Å²) in [6.45, 7) is 3.72. The van der Waals surface area contributed by atoms with Crippen LogP contribution in [0.5, 0.6) is 11.5 Å². The molecule has 2 aromatic rings. The number of benzene rings is 2. The van der Waals surface area contributed by atoms with Gasteiger partial charge < -0.3 is 14.8 Å². The summed E-state index contributed by atoms with van der Waals surface area (Å²) in [5.41, 5.74) is 0.711. The zero-order valence-electron chi connectivity index (χ0n) is 13.6. The van der Waals surface area contributed by atoms with Gasteiger partial charge in [0.2, 0.25) is 5.91 Å². The molecule has 0 aromatic heterocycles. The maximum Gasteiger partial charge on any atom is 0.234 e. The topological polar surface area (TPSA) is 47.6 Å². The zero-order chi connectivity index (χ0) is 17.0. The molecule has 0 aliphatic carbocycles. The number of carbonyl (C=O) groups excluding carboxylic acids is 1. The maximum absolute atomic E-state index is 12.7. The van der Waals surface area contributed by atoms with Gasteiger partial charge in [-0.3, -0.25) is 4.79 Å². The highest BCUT2D eigenvalue weighted by Gasteiger charge is 2.30. The monoisotopic (exact) mass is 333 g/mol. The van der Waals surface area contributed by atoms with E-state index < -0.39 is 5.41 Å². The molecule has 0 unspecified atom stereocenters. The van der Waals surface area contributed by atoms with Gasteiger partial charge in [-0.1, -0.05) is 23.7 Å². The Kier molecular flexibility index (Phi) is 5.16. The van der Waals surface area contributed by atoms with E-state index in [-0.39, 0.29) is 5.91 Å². The number of halogens is 1. The summed E-state index contributed by atoms with van der Waals surface area (Å²) in [7, 11) is 3.16. The molecule has 0 aliphatic heterocycles. The van der Waals surface area contributed by atoms with E-state index in [1.807, 2.05) is 38.1 Å². The highest BCUT2D eigenvalue weighted by molar-refractivity contribution is 6.31. The van der Waals surface area contributed by atoms with Crippen molar-refractivity contribution >= 4 is 23.2 Å². The van der Waals surface area contributed by atoms with Gasteiger partial charge in [-0.25, -0.2) is 0 Å². The first kappa shape index (κ1) is 17.2. The highest BCUT2D eigenvalue weighted by Crippen LogP contribution is 2.31. The summed E-state index contributed by atoms with van der Waals surface area (Å²) in [4.78, 5) is 12.7. The van der Waals surface area contributed by atoms with Crippen LogP contribution in [0.4, 0.5) is 5.69 Å². The van der Waals surface area contributed by atoms with Crippen LogP contribution in [0.25, 0.3) is 0 Å². The number of ether oxygens (including phenoxy) is 2. The van der Waals surface area contributed by atoms with Crippen LogP contribution in [0.3, 0.4) is 0 Å². The average molecular weight is 334 g/mol. The van der Waals surface area contributed by atoms with Gasteiger partial charge in [0.15, 0.2) is 0 Å². The van der Waals surface area contributed by atoms with Gasteiger partial charge in [0.1, 0.15) is 11.5 Å². The number of hydrogen-bond donors (Lipinski definition) is 1. The zero-order valence-corrected chi connectivity index (χ0v) is 14.4. The van der Waals surface area contributed by atoms with Crippen LogP contribution in [-0.2, 0) is 10.2 Å². The van der Waals surface area contributed by atoms with E-state index in [0.29, 0.717) is 16.5 Å². The van der Waals surface area contributed by atoms with Gasteiger partial charge in [-0.15, -0.1) is 0 Å². The molecule has 0 saturated heterocycles. The Balaban J connectivity index is 2.26. The number of hydrogen-bond acceptors (Lipinski definition) is 3. The van der Waals surface area contributed by atoms with E-state index in [2.05, 4.69) is 5.32 Å². The molecule has 1 amide bonds. The van der Waals surface area contributed by atoms with Crippen LogP contribution in [0.2, 0.25) is 5.02 Å². The van der Waals surface area contributed by atoms with Crippen molar-refractivity contribution in [1.82, 2.24) is 0 Å². The first-order chi connectivity index (χ1) is 10.9. The van der Waals surface area contributed by atoms with Crippen molar-refractivity contribution in [3.8, 4) is 11.5 Å². The minimum absolute atomic E-state index is 0.150. The molecular formula is C18H20ClNO3. The first-order valence-corrected chi connectivity index (χ1v) is 7.56. The number of amides is 1. The number of carbonyl (C=O) groups is 1. The molecule has 0 spiro atoms. The number of nitrogens with one attached hydrogen (secondary N) is 1. The molecule has 0 atom stereocenters. The van der Waals surface area contributed by atoms with E-state index in [1.54, 1.807) is 32.4 Å². The number of rotatable bonds is 5. The van der Waals surface area contributed by atoms with Crippen LogP contribution < -0.4 is 14.8 Å². The van der Waals surface area contributed by atoms with Gasteiger partial charge in [0, 0.05) is 5.02 Å². The molecule has 5 heteroatoms.